The maximum Gasteiger partial charge on any atom is 0.330 e. The van der Waals surface area contributed by atoms with Crippen LogP contribution >= 0.6 is 0 Å². The first kappa shape index (κ1) is 11.7. The lowest BCUT2D eigenvalue weighted by Gasteiger charge is -2.18. The van der Waals surface area contributed by atoms with Gasteiger partial charge in [-0.1, -0.05) is 25.9 Å². The average Bonchev–Trinajstić information content (AvgIpc) is 2.60. The van der Waals surface area contributed by atoms with Crippen LogP contribution < -0.4 is 4.90 Å². The second-order valence-corrected chi connectivity index (χ2v) is 3.77. The number of carbonyl (C=O) groups excluding carboxylic acids is 1. The third-order valence-corrected chi connectivity index (χ3v) is 1.95. The number of hydrogen-bond donors (Lipinski definition) is 0. The number of amides is 1. The van der Waals surface area contributed by atoms with Crippen molar-refractivity contribution in [3.05, 3.63) is 5.82 Å². The van der Waals surface area contributed by atoms with Crippen molar-refractivity contribution in [2.24, 2.45) is 5.92 Å². The van der Waals surface area contributed by atoms with Gasteiger partial charge in [0, 0.05) is 12.5 Å². The Balaban J connectivity index is 2.87. The monoisotopic (exact) mass is 211 g/mol. The highest BCUT2D eigenvalue weighted by Crippen LogP contribution is 2.14. The lowest BCUT2D eigenvalue weighted by atomic mass is 10.2. The predicted octanol–water partition coefficient (Wildman–Crippen LogP) is 1.78. The Hall–Kier alpha value is -1.39. The molecule has 0 spiro atoms. The van der Waals surface area contributed by atoms with Crippen molar-refractivity contribution in [2.75, 3.05) is 11.4 Å². The molecule has 0 aliphatic heterocycles. The standard InChI is InChI=1S/C10H17N3O2/c1-5-6-13(9(14)7(2)3)10-11-8(4)12-15-10/h7H,5-6H2,1-4H3. The first-order chi connectivity index (χ1) is 7.06. The summed E-state index contributed by atoms with van der Waals surface area (Å²) in [7, 11) is 0. The zero-order valence-electron chi connectivity index (χ0n) is 9.65. The Labute approximate surface area is 89.5 Å². The van der Waals surface area contributed by atoms with E-state index < -0.39 is 0 Å². The summed E-state index contributed by atoms with van der Waals surface area (Å²) in [5.41, 5.74) is 0. The van der Waals surface area contributed by atoms with Crippen LogP contribution in [0.5, 0.6) is 0 Å². The number of anilines is 1. The van der Waals surface area contributed by atoms with Gasteiger partial charge in [0.25, 0.3) is 0 Å². The fourth-order valence-corrected chi connectivity index (χ4v) is 1.23. The Morgan fingerprint density at radius 3 is 2.60 bits per heavy atom. The van der Waals surface area contributed by atoms with Crippen LogP contribution in [-0.4, -0.2) is 22.6 Å². The van der Waals surface area contributed by atoms with Gasteiger partial charge in [-0.25, -0.2) is 0 Å². The van der Waals surface area contributed by atoms with E-state index >= 15 is 0 Å². The molecular formula is C10H17N3O2. The first-order valence-corrected chi connectivity index (χ1v) is 5.18. The summed E-state index contributed by atoms with van der Waals surface area (Å²) in [4.78, 5) is 17.4. The topological polar surface area (TPSA) is 59.2 Å². The van der Waals surface area contributed by atoms with E-state index in [0.29, 0.717) is 18.4 Å². The maximum atomic E-state index is 11.8. The van der Waals surface area contributed by atoms with Crippen molar-refractivity contribution in [1.82, 2.24) is 10.1 Å². The maximum absolute atomic E-state index is 11.8. The third kappa shape index (κ3) is 2.78. The highest BCUT2D eigenvalue weighted by Gasteiger charge is 2.22. The lowest BCUT2D eigenvalue weighted by molar-refractivity contribution is -0.121. The summed E-state index contributed by atoms with van der Waals surface area (Å²) >= 11 is 0. The van der Waals surface area contributed by atoms with Gasteiger partial charge in [-0.15, -0.1) is 0 Å². The van der Waals surface area contributed by atoms with Crippen molar-refractivity contribution in [3.8, 4) is 0 Å². The van der Waals surface area contributed by atoms with E-state index in [1.807, 2.05) is 20.8 Å². The Bertz CT molecular complexity index is 333. The molecule has 15 heavy (non-hydrogen) atoms. The van der Waals surface area contributed by atoms with Crippen LogP contribution in [0, 0.1) is 12.8 Å². The zero-order valence-corrected chi connectivity index (χ0v) is 9.65. The fraction of sp³-hybridized carbons (Fsp3) is 0.700. The Morgan fingerprint density at radius 2 is 2.20 bits per heavy atom. The number of aryl methyl sites for hydroxylation is 1. The van der Waals surface area contributed by atoms with Crippen molar-refractivity contribution in [1.29, 1.82) is 0 Å². The molecule has 0 aromatic carbocycles. The molecule has 5 heteroatoms. The lowest BCUT2D eigenvalue weighted by Crippen LogP contribution is -2.35. The van der Waals surface area contributed by atoms with Crippen LogP contribution in [0.25, 0.3) is 0 Å². The number of rotatable bonds is 4. The van der Waals surface area contributed by atoms with Crippen molar-refractivity contribution < 1.29 is 9.32 Å². The predicted molar refractivity (Wildman–Crippen MR) is 56.5 cm³/mol. The largest absolute Gasteiger partial charge is 0.330 e. The van der Waals surface area contributed by atoms with Gasteiger partial charge < -0.3 is 4.52 Å². The van der Waals surface area contributed by atoms with Crippen LogP contribution in [-0.2, 0) is 4.79 Å². The van der Waals surface area contributed by atoms with E-state index in [1.165, 1.54) is 0 Å². The highest BCUT2D eigenvalue weighted by molar-refractivity contribution is 5.92. The van der Waals surface area contributed by atoms with Gasteiger partial charge in [0.2, 0.25) is 5.91 Å². The van der Waals surface area contributed by atoms with Gasteiger partial charge in [0.05, 0.1) is 0 Å². The minimum absolute atomic E-state index is 0.0144. The van der Waals surface area contributed by atoms with Crippen LogP contribution in [0.4, 0.5) is 6.01 Å². The fourth-order valence-electron chi connectivity index (χ4n) is 1.23. The van der Waals surface area contributed by atoms with E-state index in [2.05, 4.69) is 10.1 Å². The average molecular weight is 211 g/mol. The van der Waals surface area contributed by atoms with E-state index in [-0.39, 0.29) is 11.8 Å². The molecule has 0 aliphatic carbocycles. The quantitative estimate of drug-likeness (QED) is 0.761. The number of hydrogen-bond acceptors (Lipinski definition) is 4. The molecule has 0 N–H and O–H groups in total. The van der Waals surface area contributed by atoms with Gasteiger partial charge in [-0.05, 0) is 13.3 Å². The smallest absolute Gasteiger partial charge is 0.315 e. The van der Waals surface area contributed by atoms with Crippen LogP contribution in [0.2, 0.25) is 0 Å². The van der Waals surface area contributed by atoms with Gasteiger partial charge >= 0.3 is 6.01 Å². The molecule has 1 rings (SSSR count). The van der Waals surface area contributed by atoms with Crippen LogP contribution in [0.3, 0.4) is 0 Å². The molecule has 0 atom stereocenters. The first-order valence-electron chi connectivity index (χ1n) is 5.18. The van der Waals surface area contributed by atoms with Crippen LogP contribution in [0.1, 0.15) is 33.0 Å². The number of carbonyl (C=O) groups is 1. The number of nitrogens with zero attached hydrogens (tertiary/aromatic N) is 3. The molecule has 0 fully saturated rings. The molecule has 1 aromatic rings. The molecule has 0 unspecified atom stereocenters. The third-order valence-electron chi connectivity index (χ3n) is 1.95. The molecule has 0 saturated heterocycles. The summed E-state index contributed by atoms with van der Waals surface area (Å²) in [6.45, 7) is 8.06. The Morgan fingerprint density at radius 1 is 1.53 bits per heavy atom. The van der Waals surface area contributed by atoms with E-state index in [4.69, 9.17) is 4.52 Å². The minimum atomic E-state index is -0.0660. The summed E-state index contributed by atoms with van der Waals surface area (Å²) in [5.74, 6) is 0.493. The van der Waals surface area contributed by atoms with Gasteiger partial charge in [-0.3, -0.25) is 9.69 Å². The molecule has 5 nitrogen and oxygen atoms in total. The second-order valence-electron chi connectivity index (χ2n) is 3.77. The van der Waals surface area contributed by atoms with Crippen LogP contribution in [0.15, 0.2) is 4.52 Å². The zero-order chi connectivity index (χ0) is 11.4. The minimum Gasteiger partial charge on any atom is -0.315 e. The normalized spacial score (nSPS) is 10.7. The molecule has 1 heterocycles. The number of aromatic nitrogens is 2. The molecule has 0 aliphatic rings. The molecule has 84 valence electrons. The Kier molecular flexibility index (Phi) is 3.82. The molecule has 0 saturated carbocycles. The van der Waals surface area contributed by atoms with Gasteiger partial charge in [-0.2, -0.15) is 4.98 Å². The second kappa shape index (κ2) is 4.91. The van der Waals surface area contributed by atoms with Crippen molar-refractivity contribution >= 4 is 11.9 Å². The van der Waals surface area contributed by atoms with Crippen molar-refractivity contribution in [3.63, 3.8) is 0 Å². The van der Waals surface area contributed by atoms with Gasteiger partial charge in [0.15, 0.2) is 5.82 Å². The summed E-state index contributed by atoms with van der Waals surface area (Å²) in [6.07, 6.45) is 0.861. The molecule has 1 amide bonds. The highest BCUT2D eigenvalue weighted by atomic mass is 16.5. The van der Waals surface area contributed by atoms with Crippen molar-refractivity contribution in [2.45, 2.75) is 34.1 Å². The summed E-state index contributed by atoms with van der Waals surface area (Å²) < 4.78 is 4.99. The van der Waals surface area contributed by atoms with Gasteiger partial charge in [0.1, 0.15) is 0 Å². The molecule has 1 aromatic heterocycles. The molecule has 0 bridgehead atoms. The molecular weight excluding hydrogens is 194 g/mol. The van der Waals surface area contributed by atoms with E-state index in [9.17, 15) is 4.79 Å². The summed E-state index contributed by atoms with van der Waals surface area (Å²) in [5, 5.41) is 3.68. The molecule has 0 radical (unpaired) electrons. The van der Waals surface area contributed by atoms with E-state index in [1.54, 1.807) is 11.8 Å². The SMILES string of the molecule is CCCN(C(=O)C(C)C)c1nc(C)no1. The summed E-state index contributed by atoms with van der Waals surface area (Å²) in [6, 6.07) is 0.299. The van der Waals surface area contributed by atoms with E-state index in [0.717, 1.165) is 6.42 Å².